The summed E-state index contributed by atoms with van der Waals surface area (Å²) in [6, 6.07) is 14.1. The van der Waals surface area contributed by atoms with E-state index < -0.39 is 0 Å². The van der Waals surface area contributed by atoms with Crippen LogP contribution in [0.1, 0.15) is 22.6 Å². The van der Waals surface area contributed by atoms with Crippen molar-refractivity contribution in [1.82, 2.24) is 0 Å². The van der Waals surface area contributed by atoms with Gasteiger partial charge in [0.15, 0.2) is 0 Å². The zero-order valence-electron chi connectivity index (χ0n) is 9.43. The van der Waals surface area contributed by atoms with Gasteiger partial charge in [-0.3, -0.25) is 0 Å². The molecule has 0 aromatic heterocycles. The molecule has 0 heterocycles. The number of hydrogen-bond donors (Lipinski definition) is 2. The maximum Gasteiger partial charge on any atom is 0.0320 e. The molecule has 2 heteroatoms. The molecule has 0 saturated heterocycles. The van der Waals surface area contributed by atoms with Gasteiger partial charge in [-0.1, -0.05) is 30.4 Å². The third-order valence-corrected chi connectivity index (χ3v) is 3.21. The van der Waals surface area contributed by atoms with Crippen LogP contribution >= 0.6 is 0 Å². The van der Waals surface area contributed by atoms with Crippen LogP contribution in [-0.2, 0) is 0 Å². The first kappa shape index (κ1) is 9.97. The van der Waals surface area contributed by atoms with Gasteiger partial charge >= 0.3 is 0 Å². The molecule has 1 atom stereocenters. The van der Waals surface area contributed by atoms with Crippen LogP contribution in [0, 0.1) is 0 Å². The Labute approximate surface area is 101 Å². The van der Waals surface area contributed by atoms with Crippen LogP contribution in [0.15, 0.2) is 48.5 Å². The smallest absolute Gasteiger partial charge is 0.0320 e. The fourth-order valence-electron chi connectivity index (χ4n) is 2.32. The molecule has 2 nitrogen and oxygen atoms in total. The normalized spacial score (nSPS) is 17.1. The summed E-state index contributed by atoms with van der Waals surface area (Å²) in [7, 11) is 0. The Morgan fingerprint density at radius 3 is 2.29 bits per heavy atom. The molecule has 84 valence electrons. The highest BCUT2D eigenvalue weighted by Gasteiger charge is 2.18. The molecule has 1 aliphatic rings. The second-order valence-corrected chi connectivity index (χ2v) is 4.39. The Kier molecular flexibility index (Phi) is 2.15. The number of fused-ring (bicyclic) bond motifs is 1. The summed E-state index contributed by atoms with van der Waals surface area (Å²) in [4.78, 5) is 0. The zero-order chi connectivity index (χ0) is 11.8. The number of nitrogen functional groups attached to an aromatic ring is 2. The van der Waals surface area contributed by atoms with E-state index in [-0.39, 0.29) is 0 Å². The summed E-state index contributed by atoms with van der Waals surface area (Å²) in [6.45, 7) is 0. The molecular formula is C15H14N2. The minimum Gasteiger partial charge on any atom is -0.399 e. The molecule has 17 heavy (non-hydrogen) atoms. The summed E-state index contributed by atoms with van der Waals surface area (Å²) in [5, 5.41) is 0. The van der Waals surface area contributed by atoms with Gasteiger partial charge in [-0.25, -0.2) is 0 Å². The molecule has 1 aliphatic carbocycles. The largest absolute Gasteiger partial charge is 0.399 e. The van der Waals surface area contributed by atoms with Crippen molar-refractivity contribution >= 4 is 17.5 Å². The maximum atomic E-state index is 5.78. The Bertz CT molecular complexity index is 582. The third-order valence-electron chi connectivity index (χ3n) is 3.21. The van der Waals surface area contributed by atoms with Gasteiger partial charge in [0.2, 0.25) is 0 Å². The van der Waals surface area contributed by atoms with Gasteiger partial charge < -0.3 is 11.5 Å². The molecule has 0 bridgehead atoms. The number of benzene rings is 2. The van der Waals surface area contributed by atoms with Crippen LogP contribution in [0.4, 0.5) is 11.4 Å². The van der Waals surface area contributed by atoms with E-state index in [0.29, 0.717) is 5.92 Å². The topological polar surface area (TPSA) is 52.0 Å². The van der Waals surface area contributed by atoms with Crippen LogP contribution in [0.5, 0.6) is 0 Å². The predicted molar refractivity (Wildman–Crippen MR) is 72.6 cm³/mol. The SMILES string of the molecule is Nc1ccc(C2C=Cc3cc(N)ccc32)cc1. The van der Waals surface area contributed by atoms with Gasteiger partial charge in [0.25, 0.3) is 0 Å². The lowest BCUT2D eigenvalue weighted by atomic mass is 9.93. The fraction of sp³-hybridized carbons (Fsp3) is 0.0667. The van der Waals surface area contributed by atoms with Crippen molar-refractivity contribution in [3.63, 3.8) is 0 Å². The Morgan fingerprint density at radius 1 is 0.824 bits per heavy atom. The molecule has 3 rings (SSSR count). The van der Waals surface area contributed by atoms with Gasteiger partial charge in [0.05, 0.1) is 0 Å². The van der Waals surface area contributed by atoms with Crippen molar-refractivity contribution in [1.29, 1.82) is 0 Å². The number of nitrogens with two attached hydrogens (primary N) is 2. The van der Waals surface area contributed by atoms with Crippen molar-refractivity contribution < 1.29 is 0 Å². The van der Waals surface area contributed by atoms with Gasteiger partial charge in [0.1, 0.15) is 0 Å². The number of allylic oxidation sites excluding steroid dienone is 1. The second-order valence-electron chi connectivity index (χ2n) is 4.39. The molecule has 1 unspecified atom stereocenters. The molecule has 0 aliphatic heterocycles. The molecule has 0 radical (unpaired) electrons. The first-order valence-electron chi connectivity index (χ1n) is 5.67. The van der Waals surface area contributed by atoms with Crippen molar-refractivity contribution in [3.05, 3.63) is 65.2 Å². The fourth-order valence-corrected chi connectivity index (χ4v) is 2.32. The van der Waals surface area contributed by atoms with E-state index in [4.69, 9.17) is 11.5 Å². The van der Waals surface area contributed by atoms with Crippen molar-refractivity contribution in [2.24, 2.45) is 0 Å². The average Bonchev–Trinajstić information content (AvgIpc) is 2.73. The molecular weight excluding hydrogens is 208 g/mol. The minimum absolute atomic E-state index is 0.325. The van der Waals surface area contributed by atoms with E-state index in [1.54, 1.807) is 0 Å². The highest BCUT2D eigenvalue weighted by atomic mass is 14.5. The zero-order valence-corrected chi connectivity index (χ0v) is 9.43. The first-order chi connectivity index (χ1) is 8.24. The van der Waals surface area contributed by atoms with Crippen LogP contribution in [-0.4, -0.2) is 0 Å². The van der Waals surface area contributed by atoms with Crippen LogP contribution < -0.4 is 11.5 Å². The quantitative estimate of drug-likeness (QED) is 0.729. The third kappa shape index (κ3) is 1.68. The van der Waals surface area contributed by atoms with Crippen LogP contribution in [0.2, 0.25) is 0 Å². The lowest BCUT2D eigenvalue weighted by Crippen LogP contribution is -1.97. The number of hydrogen-bond acceptors (Lipinski definition) is 2. The summed E-state index contributed by atoms with van der Waals surface area (Å²) in [5.41, 5.74) is 16.9. The lowest BCUT2D eigenvalue weighted by molar-refractivity contribution is 1.05. The van der Waals surface area contributed by atoms with E-state index in [0.717, 1.165) is 11.4 Å². The summed E-state index contributed by atoms with van der Waals surface area (Å²) in [5.74, 6) is 0.325. The molecule has 0 saturated carbocycles. The van der Waals surface area contributed by atoms with E-state index in [1.165, 1.54) is 16.7 Å². The van der Waals surface area contributed by atoms with E-state index in [1.807, 2.05) is 24.3 Å². The molecule has 4 N–H and O–H groups in total. The predicted octanol–water partition coefficient (Wildman–Crippen LogP) is 3.01. The highest BCUT2D eigenvalue weighted by molar-refractivity contribution is 5.68. The molecule has 2 aromatic rings. The van der Waals surface area contributed by atoms with Gasteiger partial charge in [0, 0.05) is 17.3 Å². The molecule has 0 fully saturated rings. The van der Waals surface area contributed by atoms with E-state index in [9.17, 15) is 0 Å². The maximum absolute atomic E-state index is 5.78. The van der Waals surface area contributed by atoms with E-state index >= 15 is 0 Å². The monoisotopic (exact) mass is 222 g/mol. The van der Waals surface area contributed by atoms with Gasteiger partial charge in [-0.05, 0) is 41.0 Å². The summed E-state index contributed by atoms with van der Waals surface area (Å²) < 4.78 is 0. The minimum atomic E-state index is 0.325. The summed E-state index contributed by atoms with van der Waals surface area (Å²) in [6.07, 6.45) is 4.34. The van der Waals surface area contributed by atoms with Crippen LogP contribution in [0.3, 0.4) is 0 Å². The lowest BCUT2D eigenvalue weighted by Gasteiger charge is -2.12. The van der Waals surface area contributed by atoms with Gasteiger partial charge in [-0.2, -0.15) is 0 Å². The Balaban J connectivity index is 2.04. The molecule has 0 amide bonds. The number of rotatable bonds is 1. The Hall–Kier alpha value is -2.22. The highest BCUT2D eigenvalue weighted by Crippen LogP contribution is 2.36. The van der Waals surface area contributed by atoms with Crippen molar-refractivity contribution in [3.8, 4) is 0 Å². The molecule has 0 spiro atoms. The van der Waals surface area contributed by atoms with Crippen molar-refractivity contribution in [2.45, 2.75) is 5.92 Å². The average molecular weight is 222 g/mol. The first-order valence-corrected chi connectivity index (χ1v) is 5.67. The standard InChI is InChI=1S/C15H14N2/c16-12-4-1-10(2-5-12)14-7-3-11-9-13(17)6-8-15(11)14/h1-9,14H,16-17H2. The van der Waals surface area contributed by atoms with Gasteiger partial charge in [-0.15, -0.1) is 0 Å². The second kappa shape index (κ2) is 3.67. The van der Waals surface area contributed by atoms with E-state index in [2.05, 4.69) is 30.4 Å². The van der Waals surface area contributed by atoms with Crippen LogP contribution in [0.25, 0.3) is 6.08 Å². The number of anilines is 2. The molecule has 2 aromatic carbocycles. The Morgan fingerprint density at radius 2 is 1.53 bits per heavy atom. The van der Waals surface area contributed by atoms with Crippen molar-refractivity contribution in [2.75, 3.05) is 11.5 Å². The summed E-state index contributed by atoms with van der Waals surface area (Å²) >= 11 is 0.